The zero-order chi connectivity index (χ0) is 12.5. The molecular formula is C12H15NO4. The quantitative estimate of drug-likeness (QED) is 0.586. The number of hydrogen-bond acceptors (Lipinski definition) is 4. The maximum absolute atomic E-state index is 10.5. The third-order valence-corrected chi connectivity index (χ3v) is 2.63. The number of hydrogen-bond donors (Lipinski definition) is 0. The molecule has 0 aromatic heterocycles. The van der Waals surface area contributed by atoms with E-state index in [4.69, 9.17) is 9.47 Å². The Hall–Kier alpha value is -1.46. The SMILES string of the molecule is CC1(C)COC(c2ccc([N+](=O)[O-])cc2)OC1. The van der Waals surface area contributed by atoms with Crippen molar-refractivity contribution in [1.82, 2.24) is 0 Å². The van der Waals surface area contributed by atoms with Crippen LogP contribution in [-0.2, 0) is 9.47 Å². The van der Waals surface area contributed by atoms with Gasteiger partial charge in [-0.3, -0.25) is 10.1 Å². The summed E-state index contributed by atoms with van der Waals surface area (Å²) in [4.78, 5) is 10.1. The number of non-ortho nitro benzene ring substituents is 1. The van der Waals surface area contributed by atoms with Gasteiger partial charge in [0, 0.05) is 23.1 Å². The highest BCUT2D eigenvalue weighted by molar-refractivity contribution is 5.33. The fourth-order valence-corrected chi connectivity index (χ4v) is 1.64. The lowest BCUT2D eigenvalue weighted by Crippen LogP contribution is -2.33. The lowest BCUT2D eigenvalue weighted by Gasteiger charge is -2.34. The van der Waals surface area contributed by atoms with Crippen molar-refractivity contribution in [2.75, 3.05) is 13.2 Å². The average Bonchev–Trinajstić information content (AvgIpc) is 2.29. The van der Waals surface area contributed by atoms with Gasteiger partial charge in [-0.25, -0.2) is 0 Å². The van der Waals surface area contributed by atoms with E-state index >= 15 is 0 Å². The molecule has 5 heteroatoms. The molecule has 1 saturated heterocycles. The molecule has 0 unspecified atom stereocenters. The normalized spacial score (nSPS) is 20.1. The molecule has 0 N–H and O–H groups in total. The fraction of sp³-hybridized carbons (Fsp3) is 0.500. The summed E-state index contributed by atoms with van der Waals surface area (Å²) >= 11 is 0. The lowest BCUT2D eigenvalue weighted by atomic mass is 9.95. The molecule has 0 saturated carbocycles. The Balaban J connectivity index is 2.06. The van der Waals surface area contributed by atoms with Gasteiger partial charge in [-0.05, 0) is 12.1 Å². The van der Waals surface area contributed by atoms with E-state index in [1.54, 1.807) is 12.1 Å². The fourth-order valence-electron chi connectivity index (χ4n) is 1.64. The topological polar surface area (TPSA) is 61.6 Å². The van der Waals surface area contributed by atoms with Crippen LogP contribution in [0.4, 0.5) is 5.69 Å². The van der Waals surface area contributed by atoms with Gasteiger partial charge in [0.1, 0.15) is 0 Å². The van der Waals surface area contributed by atoms with E-state index in [-0.39, 0.29) is 11.1 Å². The minimum atomic E-state index is -0.421. The molecule has 0 radical (unpaired) electrons. The van der Waals surface area contributed by atoms with E-state index in [2.05, 4.69) is 13.8 Å². The van der Waals surface area contributed by atoms with Gasteiger partial charge in [-0.1, -0.05) is 13.8 Å². The smallest absolute Gasteiger partial charge is 0.269 e. The van der Waals surface area contributed by atoms with Crippen molar-refractivity contribution in [3.05, 3.63) is 39.9 Å². The van der Waals surface area contributed by atoms with Crippen LogP contribution in [0.1, 0.15) is 25.7 Å². The molecule has 0 spiro atoms. The van der Waals surface area contributed by atoms with E-state index in [1.807, 2.05) is 0 Å². The van der Waals surface area contributed by atoms with Gasteiger partial charge in [0.25, 0.3) is 5.69 Å². The van der Waals surface area contributed by atoms with Crippen molar-refractivity contribution in [2.24, 2.45) is 5.41 Å². The third-order valence-electron chi connectivity index (χ3n) is 2.63. The molecule has 1 aliphatic rings. The number of benzene rings is 1. The molecule has 17 heavy (non-hydrogen) atoms. The monoisotopic (exact) mass is 237 g/mol. The van der Waals surface area contributed by atoms with Crippen LogP contribution < -0.4 is 0 Å². The Bertz CT molecular complexity index is 403. The van der Waals surface area contributed by atoms with Gasteiger partial charge in [0.2, 0.25) is 0 Å². The van der Waals surface area contributed by atoms with Crippen molar-refractivity contribution in [1.29, 1.82) is 0 Å². The number of nitrogens with zero attached hydrogens (tertiary/aromatic N) is 1. The summed E-state index contributed by atoms with van der Waals surface area (Å²) in [6.45, 7) is 5.38. The van der Waals surface area contributed by atoms with Gasteiger partial charge < -0.3 is 9.47 Å². The Morgan fingerprint density at radius 2 is 1.76 bits per heavy atom. The van der Waals surface area contributed by atoms with Gasteiger partial charge >= 0.3 is 0 Å². The second-order valence-corrected chi connectivity index (χ2v) is 4.97. The Morgan fingerprint density at radius 3 is 2.24 bits per heavy atom. The van der Waals surface area contributed by atoms with Crippen LogP contribution in [0.15, 0.2) is 24.3 Å². The molecule has 1 fully saturated rings. The van der Waals surface area contributed by atoms with Crippen LogP contribution >= 0.6 is 0 Å². The minimum Gasteiger partial charge on any atom is -0.348 e. The lowest BCUT2D eigenvalue weighted by molar-refractivity contribution is -0.384. The molecule has 0 atom stereocenters. The van der Waals surface area contributed by atoms with Gasteiger partial charge in [0.05, 0.1) is 18.1 Å². The van der Waals surface area contributed by atoms with Crippen molar-refractivity contribution in [3.63, 3.8) is 0 Å². The molecule has 92 valence electrons. The zero-order valence-corrected chi connectivity index (χ0v) is 9.88. The highest BCUT2D eigenvalue weighted by atomic mass is 16.7. The molecule has 1 heterocycles. The average molecular weight is 237 g/mol. The first kappa shape index (κ1) is 12.0. The molecule has 2 rings (SSSR count). The zero-order valence-electron chi connectivity index (χ0n) is 9.88. The number of nitro benzene ring substituents is 1. The van der Waals surface area contributed by atoms with Crippen LogP contribution in [0.25, 0.3) is 0 Å². The largest absolute Gasteiger partial charge is 0.348 e. The number of ether oxygens (including phenoxy) is 2. The third kappa shape index (κ3) is 2.81. The number of rotatable bonds is 2. The molecule has 5 nitrogen and oxygen atoms in total. The van der Waals surface area contributed by atoms with Crippen LogP contribution in [0, 0.1) is 15.5 Å². The molecule has 1 aromatic rings. The predicted molar refractivity (Wildman–Crippen MR) is 61.5 cm³/mol. The minimum absolute atomic E-state index is 0.0251. The summed E-state index contributed by atoms with van der Waals surface area (Å²) in [5, 5.41) is 10.5. The summed E-state index contributed by atoms with van der Waals surface area (Å²) < 4.78 is 11.2. The Kier molecular flexibility index (Phi) is 3.13. The van der Waals surface area contributed by atoms with Gasteiger partial charge in [-0.15, -0.1) is 0 Å². The van der Waals surface area contributed by atoms with Crippen LogP contribution in [-0.4, -0.2) is 18.1 Å². The highest BCUT2D eigenvalue weighted by Crippen LogP contribution is 2.31. The Labute approximate surface area is 99.5 Å². The summed E-state index contributed by atoms with van der Waals surface area (Å²) in [6, 6.07) is 6.26. The van der Waals surface area contributed by atoms with Crippen LogP contribution in [0.3, 0.4) is 0 Å². The highest BCUT2D eigenvalue weighted by Gasteiger charge is 2.29. The van der Waals surface area contributed by atoms with Crippen LogP contribution in [0.2, 0.25) is 0 Å². The summed E-state index contributed by atoms with van der Waals surface area (Å²) in [5.41, 5.74) is 0.910. The molecular weight excluding hydrogens is 222 g/mol. The van der Waals surface area contributed by atoms with Gasteiger partial charge in [0.15, 0.2) is 6.29 Å². The first-order valence-electron chi connectivity index (χ1n) is 5.45. The summed E-state index contributed by atoms with van der Waals surface area (Å²) in [6.07, 6.45) is -0.413. The number of nitro groups is 1. The van der Waals surface area contributed by atoms with Crippen molar-refractivity contribution in [2.45, 2.75) is 20.1 Å². The van der Waals surface area contributed by atoms with E-state index in [0.29, 0.717) is 13.2 Å². The van der Waals surface area contributed by atoms with Crippen LogP contribution in [0.5, 0.6) is 0 Å². The molecule has 1 aliphatic heterocycles. The van der Waals surface area contributed by atoms with Crippen molar-refractivity contribution >= 4 is 5.69 Å². The van der Waals surface area contributed by atoms with E-state index in [9.17, 15) is 10.1 Å². The standard InChI is InChI=1S/C12H15NO4/c1-12(2)7-16-11(17-8-12)9-3-5-10(6-4-9)13(14)15/h3-6,11H,7-8H2,1-2H3. The Morgan fingerprint density at radius 1 is 1.24 bits per heavy atom. The second-order valence-electron chi connectivity index (χ2n) is 4.97. The second kappa shape index (κ2) is 4.43. The molecule has 0 aliphatic carbocycles. The first-order chi connectivity index (χ1) is 7.98. The van der Waals surface area contributed by atoms with Crippen molar-refractivity contribution in [3.8, 4) is 0 Å². The first-order valence-corrected chi connectivity index (χ1v) is 5.45. The summed E-state index contributed by atoms with van der Waals surface area (Å²) in [5.74, 6) is 0. The van der Waals surface area contributed by atoms with E-state index in [0.717, 1.165) is 5.56 Å². The maximum Gasteiger partial charge on any atom is 0.269 e. The van der Waals surface area contributed by atoms with Crippen molar-refractivity contribution < 1.29 is 14.4 Å². The van der Waals surface area contributed by atoms with E-state index < -0.39 is 11.2 Å². The predicted octanol–water partition coefficient (Wildman–Crippen LogP) is 2.67. The van der Waals surface area contributed by atoms with Gasteiger partial charge in [-0.2, -0.15) is 0 Å². The molecule has 0 bridgehead atoms. The van der Waals surface area contributed by atoms with E-state index in [1.165, 1.54) is 12.1 Å². The summed E-state index contributed by atoms with van der Waals surface area (Å²) in [7, 11) is 0. The molecule has 0 amide bonds. The molecule has 1 aromatic carbocycles. The maximum atomic E-state index is 10.5.